The second-order valence-electron chi connectivity index (χ2n) is 4.46. The summed E-state index contributed by atoms with van der Waals surface area (Å²) < 4.78 is 0. The third-order valence-corrected chi connectivity index (χ3v) is 2.84. The van der Waals surface area contributed by atoms with Crippen LogP contribution >= 0.6 is 0 Å². The smallest absolute Gasteiger partial charge is 0.225 e. The SMILES string of the molecule is CCCN(C)CCC(=O)Nc1ccccc1CN. The van der Waals surface area contributed by atoms with Gasteiger partial charge in [-0.25, -0.2) is 0 Å². The van der Waals surface area contributed by atoms with Gasteiger partial charge < -0.3 is 16.0 Å². The Bertz CT molecular complexity index is 379. The number of para-hydroxylation sites is 1. The standard InChI is InChI=1S/C14H23N3O/c1-3-9-17(2)10-8-14(18)16-13-7-5-4-6-12(13)11-15/h4-7H,3,8-11,15H2,1-2H3,(H,16,18). The molecular weight excluding hydrogens is 226 g/mol. The Morgan fingerprint density at radius 2 is 2.06 bits per heavy atom. The molecule has 0 aliphatic carbocycles. The van der Waals surface area contributed by atoms with Crippen molar-refractivity contribution in [2.45, 2.75) is 26.3 Å². The van der Waals surface area contributed by atoms with Gasteiger partial charge in [-0.3, -0.25) is 4.79 Å². The molecule has 0 spiro atoms. The minimum atomic E-state index is 0.0406. The van der Waals surface area contributed by atoms with E-state index in [0.29, 0.717) is 13.0 Å². The van der Waals surface area contributed by atoms with Crippen molar-refractivity contribution in [1.29, 1.82) is 0 Å². The summed E-state index contributed by atoms with van der Waals surface area (Å²) in [7, 11) is 2.03. The fraction of sp³-hybridized carbons (Fsp3) is 0.500. The van der Waals surface area contributed by atoms with Crippen LogP contribution in [0, 0.1) is 0 Å². The number of amides is 1. The van der Waals surface area contributed by atoms with Crippen LogP contribution in [0.4, 0.5) is 5.69 Å². The highest BCUT2D eigenvalue weighted by Gasteiger charge is 2.06. The molecule has 0 saturated carbocycles. The van der Waals surface area contributed by atoms with E-state index in [2.05, 4.69) is 17.1 Å². The first-order valence-corrected chi connectivity index (χ1v) is 6.43. The predicted octanol–water partition coefficient (Wildman–Crippen LogP) is 1.82. The van der Waals surface area contributed by atoms with Gasteiger partial charge in [-0.05, 0) is 31.6 Å². The van der Waals surface area contributed by atoms with E-state index in [9.17, 15) is 4.79 Å². The fourth-order valence-corrected chi connectivity index (χ4v) is 1.82. The van der Waals surface area contributed by atoms with Crippen molar-refractivity contribution in [2.24, 2.45) is 5.73 Å². The van der Waals surface area contributed by atoms with Crippen LogP contribution in [0.2, 0.25) is 0 Å². The quantitative estimate of drug-likeness (QED) is 0.775. The van der Waals surface area contributed by atoms with E-state index in [-0.39, 0.29) is 5.91 Å². The number of hydrogen-bond acceptors (Lipinski definition) is 3. The summed E-state index contributed by atoms with van der Waals surface area (Å²) >= 11 is 0. The molecule has 3 N–H and O–H groups in total. The normalized spacial score (nSPS) is 10.7. The van der Waals surface area contributed by atoms with Gasteiger partial charge in [0.25, 0.3) is 0 Å². The van der Waals surface area contributed by atoms with E-state index in [1.807, 2.05) is 31.3 Å². The number of benzene rings is 1. The maximum absolute atomic E-state index is 11.8. The predicted molar refractivity (Wildman–Crippen MR) is 75.4 cm³/mol. The lowest BCUT2D eigenvalue weighted by Crippen LogP contribution is -2.25. The molecule has 100 valence electrons. The van der Waals surface area contributed by atoms with Crippen LogP contribution in [-0.4, -0.2) is 30.9 Å². The van der Waals surface area contributed by atoms with E-state index in [0.717, 1.165) is 30.8 Å². The van der Waals surface area contributed by atoms with Gasteiger partial charge in [0.15, 0.2) is 0 Å². The molecule has 4 nitrogen and oxygen atoms in total. The number of anilines is 1. The number of rotatable bonds is 7. The minimum Gasteiger partial charge on any atom is -0.326 e. The third kappa shape index (κ3) is 4.85. The highest BCUT2D eigenvalue weighted by molar-refractivity contribution is 5.91. The summed E-state index contributed by atoms with van der Waals surface area (Å²) in [6.45, 7) is 4.37. The largest absolute Gasteiger partial charge is 0.326 e. The van der Waals surface area contributed by atoms with E-state index < -0.39 is 0 Å². The van der Waals surface area contributed by atoms with Gasteiger partial charge in [-0.15, -0.1) is 0 Å². The molecule has 4 heteroatoms. The monoisotopic (exact) mass is 249 g/mol. The fourth-order valence-electron chi connectivity index (χ4n) is 1.82. The topological polar surface area (TPSA) is 58.4 Å². The Labute approximate surface area is 109 Å². The highest BCUT2D eigenvalue weighted by atomic mass is 16.1. The summed E-state index contributed by atoms with van der Waals surface area (Å²) in [5.41, 5.74) is 7.42. The maximum atomic E-state index is 11.8. The molecule has 0 heterocycles. The first-order chi connectivity index (χ1) is 8.67. The molecule has 0 saturated heterocycles. The molecule has 1 amide bonds. The zero-order valence-electron chi connectivity index (χ0n) is 11.3. The average Bonchev–Trinajstić information content (AvgIpc) is 2.37. The van der Waals surface area contributed by atoms with Crippen LogP contribution in [0.5, 0.6) is 0 Å². The molecule has 0 fully saturated rings. The van der Waals surface area contributed by atoms with E-state index in [1.54, 1.807) is 0 Å². The van der Waals surface area contributed by atoms with Crippen molar-refractivity contribution < 1.29 is 4.79 Å². The second kappa shape index (κ2) is 7.84. The Morgan fingerprint density at radius 3 is 2.72 bits per heavy atom. The molecule has 0 unspecified atom stereocenters. The molecule has 0 aliphatic rings. The molecule has 0 radical (unpaired) electrons. The van der Waals surface area contributed by atoms with Crippen molar-refractivity contribution in [2.75, 3.05) is 25.5 Å². The lowest BCUT2D eigenvalue weighted by Gasteiger charge is -2.15. The van der Waals surface area contributed by atoms with Crippen molar-refractivity contribution in [3.8, 4) is 0 Å². The van der Waals surface area contributed by atoms with Crippen LogP contribution in [0.1, 0.15) is 25.3 Å². The molecule has 1 rings (SSSR count). The van der Waals surface area contributed by atoms with E-state index in [1.165, 1.54) is 0 Å². The van der Waals surface area contributed by atoms with Gasteiger partial charge in [0.2, 0.25) is 5.91 Å². The molecule has 18 heavy (non-hydrogen) atoms. The third-order valence-electron chi connectivity index (χ3n) is 2.84. The number of carbonyl (C=O) groups excluding carboxylic acids is 1. The highest BCUT2D eigenvalue weighted by Crippen LogP contribution is 2.14. The number of hydrogen-bond donors (Lipinski definition) is 2. The number of nitrogens with zero attached hydrogens (tertiary/aromatic N) is 1. The Morgan fingerprint density at radius 1 is 1.33 bits per heavy atom. The zero-order chi connectivity index (χ0) is 13.4. The molecule has 0 bridgehead atoms. The molecule has 0 aliphatic heterocycles. The second-order valence-corrected chi connectivity index (χ2v) is 4.46. The zero-order valence-corrected chi connectivity index (χ0v) is 11.3. The van der Waals surface area contributed by atoms with Gasteiger partial charge in [0.05, 0.1) is 0 Å². The van der Waals surface area contributed by atoms with Gasteiger partial charge in [-0.2, -0.15) is 0 Å². The lowest BCUT2D eigenvalue weighted by atomic mass is 10.1. The number of nitrogens with one attached hydrogen (secondary N) is 1. The van der Waals surface area contributed by atoms with Crippen LogP contribution in [0.3, 0.4) is 0 Å². The van der Waals surface area contributed by atoms with Gasteiger partial charge >= 0.3 is 0 Å². The minimum absolute atomic E-state index is 0.0406. The summed E-state index contributed by atoms with van der Waals surface area (Å²) in [6.07, 6.45) is 1.61. The first kappa shape index (κ1) is 14.7. The first-order valence-electron chi connectivity index (χ1n) is 6.43. The molecule has 1 aromatic carbocycles. The van der Waals surface area contributed by atoms with Gasteiger partial charge in [0, 0.05) is 25.2 Å². The van der Waals surface area contributed by atoms with Crippen LogP contribution in [0.25, 0.3) is 0 Å². The van der Waals surface area contributed by atoms with Crippen molar-refractivity contribution in [3.05, 3.63) is 29.8 Å². The van der Waals surface area contributed by atoms with Gasteiger partial charge in [0.1, 0.15) is 0 Å². The molecule has 0 aromatic heterocycles. The van der Waals surface area contributed by atoms with E-state index in [4.69, 9.17) is 5.73 Å². The average molecular weight is 249 g/mol. The Balaban J connectivity index is 2.44. The Hall–Kier alpha value is -1.39. The van der Waals surface area contributed by atoms with Crippen LogP contribution in [-0.2, 0) is 11.3 Å². The summed E-state index contributed by atoms with van der Waals surface area (Å²) in [6, 6.07) is 7.64. The number of carbonyl (C=O) groups is 1. The number of nitrogens with two attached hydrogens (primary N) is 1. The summed E-state index contributed by atoms with van der Waals surface area (Å²) in [4.78, 5) is 14.0. The van der Waals surface area contributed by atoms with Crippen LogP contribution in [0.15, 0.2) is 24.3 Å². The molecule has 1 aromatic rings. The maximum Gasteiger partial charge on any atom is 0.225 e. The van der Waals surface area contributed by atoms with Gasteiger partial charge in [-0.1, -0.05) is 25.1 Å². The van der Waals surface area contributed by atoms with E-state index >= 15 is 0 Å². The summed E-state index contributed by atoms with van der Waals surface area (Å²) in [5, 5.41) is 2.91. The Kier molecular flexibility index (Phi) is 6.39. The lowest BCUT2D eigenvalue weighted by molar-refractivity contribution is -0.116. The van der Waals surface area contributed by atoms with Crippen molar-refractivity contribution in [3.63, 3.8) is 0 Å². The van der Waals surface area contributed by atoms with Crippen molar-refractivity contribution in [1.82, 2.24) is 4.90 Å². The van der Waals surface area contributed by atoms with Crippen LogP contribution < -0.4 is 11.1 Å². The summed E-state index contributed by atoms with van der Waals surface area (Å²) in [5.74, 6) is 0.0406. The molecular formula is C14H23N3O. The van der Waals surface area contributed by atoms with Crippen molar-refractivity contribution >= 4 is 11.6 Å². The molecule has 0 atom stereocenters.